The highest BCUT2D eigenvalue weighted by Crippen LogP contribution is 2.17. The Morgan fingerprint density at radius 1 is 1.40 bits per heavy atom. The van der Waals surface area contributed by atoms with Crippen LogP contribution in [0.5, 0.6) is 0 Å². The molecule has 82 valence electrons. The molecule has 2 nitrogen and oxygen atoms in total. The molecule has 15 heavy (non-hydrogen) atoms. The average molecular weight is 214 g/mol. The maximum absolute atomic E-state index is 12.9. The Kier molecular flexibility index (Phi) is 3.39. The van der Waals surface area contributed by atoms with E-state index < -0.39 is 23.5 Å². The second-order valence-electron chi connectivity index (χ2n) is 3.64. The van der Waals surface area contributed by atoms with E-state index in [9.17, 15) is 13.6 Å². The average Bonchev–Trinajstić information content (AvgIpc) is 2.13. The fourth-order valence-corrected chi connectivity index (χ4v) is 1.32. The quantitative estimate of drug-likeness (QED) is 0.839. The maximum Gasteiger partial charge on any atom is 0.306 e. The summed E-state index contributed by atoms with van der Waals surface area (Å²) in [5.74, 6) is -3.39. The van der Waals surface area contributed by atoms with Crippen LogP contribution in [0.25, 0.3) is 0 Å². The lowest BCUT2D eigenvalue weighted by Crippen LogP contribution is -2.13. The molecule has 0 spiro atoms. The first kappa shape index (κ1) is 11.6. The topological polar surface area (TPSA) is 37.3 Å². The van der Waals surface area contributed by atoms with Gasteiger partial charge in [0, 0.05) is 0 Å². The van der Waals surface area contributed by atoms with Gasteiger partial charge in [-0.1, -0.05) is 6.92 Å². The number of benzene rings is 1. The van der Waals surface area contributed by atoms with Gasteiger partial charge in [-0.05, 0) is 36.6 Å². The molecule has 1 aromatic carbocycles. The number of aliphatic carboxylic acids is 1. The standard InChI is InChI=1S/C11H12F2O2/c1-6-4-9(12)10(13)5-8(6)3-7(2)11(14)15/h4-5,7H,3H2,1-2H3,(H,14,15). The van der Waals surface area contributed by atoms with Crippen molar-refractivity contribution in [1.82, 2.24) is 0 Å². The number of carboxylic acids is 1. The summed E-state index contributed by atoms with van der Waals surface area (Å²) < 4.78 is 25.7. The summed E-state index contributed by atoms with van der Waals surface area (Å²) in [7, 11) is 0. The normalized spacial score (nSPS) is 12.5. The minimum Gasteiger partial charge on any atom is -0.481 e. The Morgan fingerprint density at radius 2 is 1.93 bits per heavy atom. The molecular formula is C11H12F2O2. The molecule has 0 fully saturated rings. The summed E-state index contributed by atoms with van der Waals surface area (Å²) in [6.07, 6.45) is 0.207. The van der Waals surface area contributed by atoms with Crippen LogP contribution >= 0.6 is 0 Å². The molecule has 1 unspecified atom stereocenters. The summed E-state index contributed by atoms with van der Waals surface area (Å²) in [5, 5.41) is 8.69. The highest BCUT2D eigenvalue weighted by Gasteiger charge is 2.14. The molecular weight excluding hydrogens is 202 g/mol. The van der Waals surface area contributed by atoms with Crippen molar-refractivity contribution in [3.05, 3.63) is 34.9 Å². The van der Waals surface area contributed by atoms with E-state index in [0.717, 1.165) is 12.1 Å². The van der Waals surface area contributed by atoms with Crippen molar-refractivity contribution in [2.75, 3.05) is 0 Å². The van der Waals surface area contributed by atoms with Crippen LogP contribution in [-0.4, -0.2) is 11.1 Å². The van der Waals surface area contributed by atoms with Crippen molar-refractivity contribution in [1.29, 1.82) is 0 Å². The Labute approximate surface area is 86.5 Å². The lowest BCUT2D eigenvalue weighted by Gasteiger charge is -2.09. The van der Waals surface area contributed by atoms with Crippen LogP contribution < -0.4 is 0 Å². The molecule has 1 rings (SSSR count). The third-order valence-electron chi connectivity index (χ3n) is 2.33. The van der Waals surface area contributed by atoms with E-state index in [4.69, 9.17) is 5.11 Å². The number of aryl methyl sites for hydroxylation is 1. The number of carbonyl (C=O) groups is 1. The van der Waals surface area contributed by atoms with E-state index in [1.54, 1.807) is 6.92 Å². The fraction of sp³-hybridized carbons (Fsp3) is 0.364. The SMILES string of the molecule is Cc1cc(F)c(F)cc1CC(C)C(=O)O. The zero-order valence-electron chi connectivity index (χ0n) is 8.55. The van der Waals surface area contributed by atoms with Gasteiger partial charge in [-0.15, -0.1) is 0 Å². The Morgan fingerprint density at radius 3 is 2.47 bits per heavy atom. The lowest BCUT2D eigenvalue weighted by atomic mass is 9.97. The molecule has 0 heterocycles. The zero-order chi connectivity index (χ0) is 11.6. The second kappa shape index (κ2) is 4.38. The molecule has 0 bridgehead atoms. The van der Waals surface area contributed by atoms with Crippen molar-refractivity contribution in [2.24, 2.45) is 5.92 Å². The van der Waals surface area contributed by atoms with E-state index in [1.165, 1.54) is 6.92 Å². The summed E-state index contributed by atoms with van der Waals surface area (Å²) >= 11 is 0. The third-order valence-corrected chi connectivity index (χ3v) is 2.33. The summed E-state index contributed by atoms with van der Waals surface area (Å²) in [4.78, 5) is 10.6. The Hall–Kier alpha value is -1.45. The molecule has 0 amide bonds. The molecule has 0 aliphatic heterocycles. The van der Waals surface area contributed by atoms with Crippen molar-refractivity contribution >= 4 is 5.97 Å². The Balaban J connectivity index is 2.95. The van der Waals surface area contributed by atoms with Gasteiger partial charge in [0.1, 0.15) is 0 Å². The van der Waals surface area contributed by atoms with E-state index in [-0.39, 0.29) is 6.42 Å². The van der Waals surface area contributed by atoms with Crippen LogP contribution in [0.4, 0.5) is 8.78 Å². The van der Waals surface area contributed by atoms with Crippen molar-refractivity contribution in [3.8, 4) is 0 Å². The van der Waals surface area contributed by atoms with Crippen molar-refractivity contribution < 1.29 is 18.7 Å². The van der Waals surface area contributed by atoms with Gasteiger partial charge in [-0.2, -0.15) is 0 Å². The van der Waals surface area contributed by atoms with Gasteiger partial charge >= 0.3 is 5.97 Å². The second-order valence-corrected chi connectivity index (χ2v) is 3.64. The van der Waals surface area contributed by atoms with Gasteiger partial charge in [-0.3, -0.25) is 4.79 Å². The molecule has 1 atom stereocenters. The number of rotatable bonds is 3. The van der Waals surface area contributed by atoms with Crippen LogP contribution in [-0.2, 0) is 11.2 Å². The smallest absolute Gasteiger partial charge is 0.306 e. The van der Waals surface area contributed by atoms with Crippen LogP contribution in [0.1, 0.15) is 18.1 Å². The minimum absolute atomic E-state index is 0.207. The molecule has 0 aliphatic rings. The summed E-state index contributed by atoms with van der Waals surface area (Å²) in [5.41, 5.74) is 1.10. The number of halogens is 2. The van der Waals surface area contributed by atoms with Crippen LogP contribution in [0.15, 0.2) is 12.1 Å². The highest BCUT2D eigenvalue weighted by molar-refractivity contribution is 5.70. The van der Waals surface area contributed by atoms with Gasteiger partial charge in [0.15, 0.2) is 11.6 Å². The first-order valence-electron chi connectivity index (χ1n) is 4.59. The van der Waals surface area contributed by atoms with E-state index in [0.29, 0.717) is 11.1 Å². The van der Waals surface area contributed by atoms with Crippen molar-refractivity contribution in [3.63, 3.8) is 0 Å². The molecule has 0 aliphatic carbocycles. The van der Waals surface area contributed by atoms with Crippen LogP contribution in [0.3, 0.4) is 0 Å². The molecule has 0 saturated carbocycles. The maximum atomic E-state index is 12.9. The molecule has 0 saturated heterocycles. The van der Waals surface area contributed by atoms with Crippen LogP contribution in [0, 0.1) is 24.5 Å². The number of hydrogen-bond acceptors (Lipinski definition) is 1. The third kappa shape index (κ3) is 2.75. The zero-order valence-corrected chi connectivity index (χ0v) is 8.55. The number of carboxylic acid groups (broad SMARTS) is 1. The van der Waals surface area contributed by atoms with E-state index in [2.05, 4.69) is 0 Å². The van der Waals surface area contributed by atoms with Gasteiger partial charge < -0.3 is 5.11 Å². The minimum atomic E-state index is -0.945. The van der Waals surface area contributed by atoms with E-state index in [1.807, 2.05) is 0 Å². The largest absolute Gasteiger partial charge is 0.481 e. The summed E-state index contributed by atoms with van der Waals surface area (Å²) in [6.45, 7) is 3.16. The molecule has 1 N–H and O–H groups in total. The first-order valence-corrected chi connectivity index (χ1v) is 4.59. The van der Waals surface area contributed by atoms with Crippen LogP contribution in [0.2, 0.25) is 0 Å². The van der Waals surface area contributed by atoms with Crippen molar-refractivity contribution in [2.45, 2.75) is 20.3 Å². The fourth-order valence-electron chi connectivity index (χ4n) is 1.32. The van der Waals surface area contributed by atoms with E-state index >= 15 is 0 Å². The molecule has 0 radical (unpaired) electrons. The van der Waals surface area contributed by atoms with Gasteiger partial charge in [0.2, 0.25) is 0 Å². The van der Waals surface area contributed by atoms with Gasteiger partial charge in [0.25, 0.3) is 0 Å². The highest BCUT2D eigenvalue weighted by atomic mass is 19.2. The Bertz CT molecular complexity index is 388. The lowest BCUT2D eigenvalue weighted by molar-refractivity contribution is -0.141. The number of hydrogen-bond donors (Lipinski definition) is 1. The van der Waals surface area contributed by atoms with Gasteiger partial charge in [0.05, 0.1) is 5.92 Å². The molecule has 4 heteroatoms. The predicted octanol–water partition coefficient (Wildman–Crippen LogP) is 2.54. The molecule has 1 aromatic rings. The summed E-state index contributed by atoms with van der Waals surface area (Å²) in [6, 6.07) is 2.14. The monoisotopic (exact) mass is 214 g/mol. The first-order chi connectivity index (χ1) is 6.91. The predicted molar refractivity (Wildman–Crippen MR) is 51.6 cm³/mol. The molecule has 0 aromatic heterocycles. The van der Waals surface area contributed by atoms with Gasteiger partial charge in [-0.25, -0.2) is 8.78 Å².